The van der Waals surface area contributed by atoms with Gasteiger partial charge in [0, 0.05) is 37.9 Å². The van der Waals surface area contributed by atoms with Crippen LogP contribution in [0.1, 0.15) is 50.7 Å². The van der Waals surface area contributed by atoms with Gasteiger partial charge in [0.2, 0.25) is 0 Å². The van der Waals surface area contributed by atoms with Crippen molar-refractivity contribution in [2.24, 2.45) is 0 Å². The third-order valence-electron chi connectivity index (χ3n) is 2.80. The minimum Gasteiger partial charge on any atom is -0.388 e. The Morgan fingerprint density at radius 3 is 2.40 bits per heavy atom. The molecule has 5 nitrogen and oxygen atoms in total. The summed E-state index contributed by atoms with van der Waals surface area (Å²) in [6.07, 6.45) is 1.22. The van der Waals surface area contributed by atoms with Crippen LogP contribution in [0.4, 0.5) is 0 Å². The van der Waals surface area contributed by atoms with E-state index in [0.717, 1.165) is 23.2 Å². The number of carbonyl (C=O) groups is 1. The van der Waals surface area contributed by atoms with Crippen LogP contribution in [-0.4, -0.2) is 36.4 Å². The Hall–Kier alpha value is -1.20. The van der Waals surface area contributed by atoms with Crippen molar-refractivity contribution in [2.45, 2.75) is 59.8 Å². The molecule has 20 heavy (non-hydrogen) atoms. The van der Waals surface area contributed by atoms with Crippen LogP contribution in [0.3, 0.4) is 0 Å². The summed E-state index contributed by atoms with van der Waals surface area (Å²) >= 11 is 0. The van der Waals surface area contributed by atoms with Gasteiger partial charge in [0.05, 0.1) is 12.3 Å². The van der Waals surface area contributed by atoms with Gasteiger partial charge in [-0.25, -0.2) is 0 Å². The van der Waals surface area contributed by atoms with Crippen molar-refractivity contribution in [3.8, 4) is 0 Å². The van der Waals surface area contributed by atoms with Crippen LogP contribution in [-0.2, 0) is 27.3 Å². The summed E-state index contributed by atoms with van der Waals surface area (Å²) in [6, 6.07) is 0.331. The molecule has 0 spiro atoms. The van der Waals surface area contributed by atoms with Gasteiger partial charge in [-0.05, 0) is 20.8 Å². The summed E-state index contributed by atoms with van der Waals surface area (Å²) in [6.45, 7) is 10.7. The van der Waals surface area contributed by atoms with E-state index in [2.05, 4.69) is 23.7 Å². The van der Waals surface area contributed by atoms with Crippen LogP contribution in [0, 0.1) is 6.92 Å². The largest absolute Gasteiger partial charge is 0.388 e. The summed E-state index contributed by atoms with van der Waals surface area (Å²) in [7, 11) is 3.25. The van der Waals surface area contributed by atoms with Gasteiger partial charge >= 0.3 is 0 Å². The van der Waals surface area contributed by atoms with Gasteiger partial charge in [-0.2, -0.15) is 5.10 Å². The number of aromatic nitrogens is 2. The molecule has 0 aromatic carbocycles. The molecule has 1 aromatic heterocycles. The lowest BCUT2D eigenvalue weighted by molar-refractivity contribution is -0.119. The van der Waals surface area contributed by atoms with Gasteiger partial charge in [0.25, 0.3) is 0 Å². The van der Waals surface area contributed by atoms with Crippen molar-refractivity contribution in [3.05, 3.63) is 17.0 Å². The second-order valence-electron chi connectivity index (χ2n) is 4.65. The number of hydrogen-bond acceptors (Lipinski definition) is 4. The van der Waals surface area contributed by atoms with Crippen LogP contribution in [0.2, 0.25) is 0 Å². The molecule has 1 unspecified atom stereocenters. The number of hydrogen-bond donors (Lipinski definition) is 0. The second kappa shape index (κ2) is 9.66. The predicted molar refractivity (Wildman–Crippen MR) is 80.0 cm³/mol. The number of carbonyl (C=O) groups excluding carboxylic acids is 1. The molecule has 1 aliphatic heterocycles. The number of fused-ring (bicyclic) bond motifs is 1. The molecular formula is C15H28N2O3. The summed E-state index contributed by atoms with van der Waals surface area (Å²) in [4.78, 5) is 10.7. The highest BCUT2D eigenvalue weighted by atomic mass is 16.5. The molecule has 0 aliphatic carbocycles. The first-order valence-corrected chi connectivity index (χ1v) is 7.09. The van der Waals surface area contributed by atoms with E-state index in [1.807, 2.05) is 25.5 Å². The van der Waals surface area contributed by atoms with Gasteiger partial charge in [-0.1, -0.05) is 13.8 Å². The molecule has 0 saturated heterocycles. The topological polar surface area (TPSA) is 53.4 Å². The molecule has 1 atom stereocenters. The maximum Gasteiger partial charge on any atom is 0.149 e. The number of rotatable bonds is 2. The summed E-state index contributed by atoms with van der Waals surface area (Å²) < 4.78 is 11.7. The standard InChI is InChI=1S/C11H16N2O2.C2H6O.C2H6/c1-7(2)13-11-4-9(5-14)15-6-10(11)8(3)12-13;1-3-2;1-2/h5,7,9H,4,6H2,1-3H3;1-2H3;1-2H3. The first kappa shape index (κ1) is 18.8. The predicted octanol–water partition coefficient (Wildman–Crippen LogP) is 2.70. The van der Waals surface area contributed by atoms with Crippen molar-refractivity contribution >= 4 is 6.29 Å². The van der Waals surface area contributed by atoms with E-state index in [9.17, 15) is 4.79 Å². The molecule has 1 aromatic rings. The lowest BCUT2D eigenvalue weighted by atomic mass is 10.1. The molecule has 2 heterocycles. The lowest BCUT2D eigenvalue weighted by Gasteiger charge is -2.21. The van der Waals surface area contributed by atoms with Gasteiger partial charge < -0.3 is 14.3 Å². The molecule has 0 amide bonds. The van der Waals surface area contributed by atoms with Crippen molar-refractivity contribution in [2.75, 3.05) is 14.2 Å². The fourth-order valence-corrected chi connectivity index (χ4v) is 1.99. The van der Waals surface area contributed by atoms with Gasteiger partial charge in [0.15, 0.2) is 0 Å². The second-order valence-corrected chi connectivity index (χ2v) is 4.65. The van der Waals surface area contributed by atoms with E-state index >= 15 is 0 Å². The monoisotopic (exact) mass is 284 g/mol. The molecule has 0 radical (unpaired) electrons. The fourth-order valence-electron chi connectivity index (χ4n) is 1.99. The minimum absolute atomic E-state index is 0.300. The Bertz CT molecular complexity index is 400. The molecule has 1 aliphatic rings. The maximum absolute atomic E-state index is 10.7. The zero-order valence-electron chi connectivity index (χ0n) is 13.8. The highest BCUT2D eigenvalue weighted by Gasteiger charge is 2.25. The molecule has 0 bridgehead atoms. The first-order chi connectivity index (χ1) is 9.54. The van der Waals surface area contributed by atoms with E-state index in [0.29, 0.717) is 19.1 Å². The highest BCUT2D eigenvalue weighted by Crippen LogP contribution is 2.25. The molecule has 0 fully saturated rings. The average Bonchev–Trinajstić information content (AvgIpc) is 2.79. The molecule has 0 saturated carbocycles. The Balaban J connectivity index is 0.000000641. The lowest BCUT2D eigenvalue weighted by Crippen LogP contribution is -2.25. The van der Waals surface area contributed by atoms with Crippen LogP contribution < -0.4 is 0 Å². The molecular weight excluding hydrogens is 256 g/mol. The maximum atomic E-state index is 10.7. The van der Waals surface area contributed by atoms with Crippen molar-refractivity contribution in [1.29, 1.82) is 0 Å². The summed E-state index contributed by atoms with van der Waals surface area (Å²) in [5.41, 5.74) is 3.33. The normalized spacial score (nSPS) is 16.5. The van der Waals surface area contributed by atoms with E-state index in [1.54, 1.807) is 14.2 Å². The molecule has 5 heteroatoms. The van der Waals surface area contributed by atoms with E-state index in [-0.39, 0.29) is 6.10 Å². The van der Waals surface area contributed by atoms with Crippen molar-refractivity contribution in [1.82, 2.24) is 9.78 Å². The zero-order valence-corrected chi connectivity index (χ0v) is 13.8. The Kier molecular flexibility index (Phi) is 9.08. The van der Waals surface area contributed by atoms with E-state index < -0.39 is 0 Å². The molecule has 0 N–H and O–H groups in total. The van der Waals surface area contributed by atoms with Gasteiger partial charge in [-0.3, -0.25) is 4.68 Å². The van der Waals surface area contributed by atoms with Crippen molar-refractivity contribution < 1.29 is 14.3 Å². The number of ether oxygens (including phenoxy) is 2. The number of methoxy groups -OCH3 is 1. The van der Waals surface area contributed by atoms with Crippen LogP contribution in [0.15, 0.2) is 0 Å². The number of nitrogens with zero attached hydrogens (tertiary/aromatic N) is 2. The van der Waals surface area contributed by atoms with Crippen molar-refractivity contribution in [3.63, 3.8) is 0 Å². The fraction of sp³-hybridized carbons (Fsp3) is 0.733. The molecule has 116 valence electrons. The summed E-state index contributed by atoms with van der Waals surface area (Å²) in [5, 5.41) is 4.48. The number of aryl methyl sites for hydroxylation is 1. The number of aldehydes is 1. The van der Waals surface area contributed by atoms with Crippen LogP contribution in [0.5, 0.6) is 0 Å². The van der Waals surface area contributed by atoms with Crippen LogP contribution in [0.25, 0.3) is 0 Å². The van der Waals surface area contributed by atoms with Gasteiger partial charge in [0.1, 0.15) is 12.4 Å². The van der Waals surface area contributed by atoms with Crippen LogP contribution >= 0.6 is 0 Å². The van der Waals surface area contributed by atoms with E-state index in [1.165, 1.54) is 0 Å². The smallest absolute Gasteiger partial charge is 0.149 e. The zero-order chi connectivity index (χ0) is 15.7. The minimum atomic E-state index is -0.300. The average molecular weight is 284 g/mol. The first-order valence-electron chi connectivity index (χ1n) is 7.09. The third-order valence-corrected chi connectivity index (χ3v) is 2.80. The summed E-state index contributed by atoms with van der Waals surface area (Å²) in [5.74, 6) is 0. The Labute approximate surface area is 122 Å². The molecule has 2 rings (SSSR count). The third kappa shape index (κ3) is 4.72. The Morgan fingerprint density at radius 1 is 1.40 bits per heavy atom. The quantitative estimate of drug-likeness (QED) is 0.784. The Morgan fingerprint density at radius 2 is 1.95 bits per heavy atom. The highest BCUT2D eigenvalue weighted by molar-refractivity contribution is 5.57. The van der Waals surface area contributed by atoms with E-state index in [4.69, 9.17) is 4.74 Å². The van der Waals surface area contributed by atoms with Gasteiger partial charge in [-0.15, -0.1) is 0 Å². The SMILES string of the molecule is CC.COC.Cc1nn(C(C)C)c2c1COC(C=O)C2.